The maximum absolute atomic E-state index is 14.0. The average molecular weight is 487 g/mol. The van der Waals surface area contributed by atoms with Crippen LogP contribution in [0.4, 0.5) is 4.39 Å². The molecule has 0 spiro atoms. The molecule has 0 atom stereocenters. The predicted molar refractivity (Wildman–Crippen MR) is 131 cm³/mol. The van der Waals surface area contributed by atoms with Crippen LogP contribution in [-0.4, -0.2) is 83.3 Å². The monoisotopic (exact) mass is 486 g/mol. The van der Waals surface area contributed by atoms with Gasteiger partial charge in [0.15, 0.2) is 11.6 Å². The molecule has 0 aliphatic carbocycles. The lowest BCUT2D eigenvalue weighted by Crippen LogP contribution is -2.44. The fraction of sp³-hybridized carbons (Fsp3) is 0.417. The van der Waals surface area contributed by atoms with Gasteiger partial charge in [-0.25, -0.2) is 14.4 Å². The van der Waals surface area contributed by atoms with Gasteiger partial charge in [0.2, 0.25) is 0 Å². The topological polar surface area (TPSA) is 71.4 Å². The number of hydrogen-bond donors (Lipinski definition) is 1. The van der Waals surface area contributed by atoms with E-state index in [1.165, 1.54) is 0 Å². The first-order valence-corrected chi connectivity index (χ1v) is 11.7. The van der Waals surface area contributed by atoms with Crippen LogP contribution in [0.5, 0.6) is 11.6 Å². The zero-order valence-electron chi connectivity index (χ0n) is 19.6. The van der Waals surface area contributed by atoms with Gasteiger partial charge in [0.25, 0.3) is 5.88 Å². The van der Waals surface area contributed by atoms with Gasteiger partial charge in [-0.05, 0) is 26.1 Å². The number of pyridine rings is 2. The second kappa shape index (κ2) is 9.40. The number of aromatic nitrogens is 4. The number of nitrogens with one attached hydrogen (secondary N) is 1. The summed E-state index contributed by atoms with van der Waals surface area (Å²) in [6.45, 7) is 6.27. The first-order chi connectivity index (χ1) is 16.5. The van der Waals surface area contributed by atoms with E-state index in [-0.39, 0.29) is 5.02 Å². The van der Waals surface area contributed by atoms with Gasteiger partial charge in [-0.15, -0.1) is 0 Å². The fourth-order valence-electron chi connectivity index (χ4n) is 4.55. The highest BCUT2D eigenvalue weighted by Crippen LogP contribution is 2.37. The lowest BCUT2D eigenvalue weighted by Gasteiger charge is -2.32. The molecule has 1 aliphatic rings. The summed E-state index contributed by atoms with van der Waals surface area (Å²) >= 11 is 6.19. The van der Waals surface area contributed by atoms with Crippen molar-refractivity contribution in [3.05, 3.63) is 35.4 Å². The normalized spacial score (nSPS) is 15.4. The van der Waals surface area contributed by atoms with E-state index in [0.717, 1.165) is 74.2 Å². The van der Waals surface area contributed by atoms with Crippen LogP contribution in [0.1, 0.15) is 6.42 Å². The molecule has 0 amide bonds. The SMILES string of the molecule is COc1cc2c(nc1OC)c(-c1cc3c(Cl)c(F)cnc3[nH]1)cn2CCCN1CCN(C)CC1. The van der Waals surface area contributed by atoms with Crippen LogP contribution in [0, 0.1) is 5.82 Å². The van der Waals surface area contributed by atoms with E-state index in [4.69, 9.17) is 26.1 Å². The third kappa shape index (κ3) is 4.19. The predicted octanol–water partition coefficient (Wildman–Crippen LogP) is 4.03. The van der Waals surface area contributed by atoms with Gasteiger partial charge >= 0.3 is 0 Å². The van der Waals surface area contributed by atoms with Crippen molar-refractivity contribution >= 4 is 33.7 Å². The lowest BCUT2D eigenvalue weighted by molar-refractivity contribution is 0.151. The number of aromatic amines is 1. The van der Waals surface area contributed by atoms with Gasteiger partial charge in [-0.1, -0.05) is 11.6 Å². The van der Waals surface area contributed by atoms with Crippen molar-refractivity contribution in [3.63, 3.8) is 0 Å². The van der Waals surface area contributed by atoms with Crippen LogP contribution >= 0.6 is 11.6 Å². The first-order valence-electron chi connectivity index (χ1n) is 11.3. The quantitative estimate of drug-likeness (QED) is 0.425. The summed E-state index contributed by atoms with van der Waals surface area (Å²) < 4.78 is 27.1. The van der Waals surface area contributed by atoms with E-state index in [1.807, 2.05) is 12.1 Å². The Morgan fingerprint density at radius 2 is 1.91 bits per heavy atom. The molecular weight excluding hydrogens is 459 g/mol. The number of fused-ring (bicyclic) bond motifs is 2. The average Bonchev–Trinajstić information content (AvgIpc) is 3.43. The van der Waals surface area contributed by atoms with Gasteiger partial charge in [0.1, 0.15) is 11.2 Å². The number of piperazine rings is 1. The summed E-state index contributed by atoms with van der Waals surface area (Å²) in [6, 6.07) is 3.77. The molecule has 0 aromatic carbocycles. The molecule has 4 aromatic rings. The molecule has 8 nitrogen and oxygen atoms in total. The van der Waals surface area contributed by atoms with E-state index in [9.17, 15) is 4.39 Å². The molecule has 180 valence electrons. The van der Waals surface area contributed by atoms with Crippen molar-refractivity contribution < 1.29 is 13.9 Å². The zero-order chi connectivity index (χ0) is 23.8. The maximum Gasteiger partial charge on any atom is 0.257 e. The smallest absolute Gasteiger partial charge is 0.257 e. The summed E-state index contributed by atoms with van der Waals surface area (Å²) in [5.41, 5.74) is 3.86. The van der Waals surface area contributed by atoms with E-state index in [1.54, 1.807) is 14.2 Å². The van der Waals surface area contributed by atoms with Crippen molar-refractivity contribution in [2.45, 2.75) is 13.0 Å². The molecule has 0 radical (unpaired) electrons. The van der Waals surface area contributed by atoms with Crippen LogP contribution in [-0.2, 0) is 6.54 Å². The second-order valence-corrected chi connectivity index (χ2v) is 9.05. The maximum atomic E-state index is 14.0. The number of aryl methyl sites for hydroxylation is 1. The third-order valence-electron chi connectivity index (χ3n) is 6.51. The number of rotatable bonds is 7. The largest absolute Gasteiger partial charge is 0.491 e. The molecule has 0 saturated carbocycles. The Labute approximate surface area is 202 Å². The molecule has 1 N–H and O–H groups in total. The summed E-state index contributed by atoms with van der Waals surface area (Å²) in [5.74, 6) is 0.434. The van der Waals surface area contributed by atoms with Gasteiger partial charge in [0, 0.05) is 55.9 Å². The van der Waals surface area contributed by atoms with Crippen molar-refractivity contribution in [2.24, 2.45) is 0 Å². The van der Waals surface area contributed by atoms with Crippen LogP contribution in [0.15, 0.2) is 24.5 Å². The first kappa shape index (κ1) is 22.9. The van der Waals surface area contributed by atoms with E-state index >= 15 is 0 Å². The fourth-order valence-corrected chi connectivity index (χ4v) is 4.74. The van der Waals surface area contributed by atoms with Crippen LogP contribution in [0.3, 0.4) is 0 Å². The number of halogens is 2. The van der Waals surface area contributed by atoms with Crippen molar-refractivity contribution in [1.82, 2.24) is 29.3 Å². The van der Waals surface area contributed by atoms with E-state index in [0.29, 0.717) is 22.7 Å². The Balaban J connectivity index is 1.52. The molecule has 0 unspecified atom stereocenters. The highest BCUT2D eigenvalue weighted by Gasteiger charge is 2.20. The minimum Gasteiger partial charge on any atom is -0.491 e. The molecule has 4 aromatic heterocycles. The number of likely N-dealkylation sites (N-methyl/N-ethyl adjacent to an activating group) is 1. The molecule has 34 heavy (non-hydrogen) atoms. The Hall–Kier alpha value is -2.88. The Morgan fingerprint density at radius 3 is 2.65 bits per heavy atom. The number of H-pyrrole nitrogens is 1. The standard InChI is InChI=1S/C24H28ClFN6O2/c1-30-7-9-31(10-8-30)5-4-6-32-14-16(22-19(32)12-20(33-2)24(29-22)34-3)18-11-15-21(25)17(26)13-27-23(15)28-18/h11-14H,4-10H2,1-3H3,(H,27,28). The number of ether oxygens (including phenoxy) is 2. The Kier molecular flexibility index (Phi) is 6.33. The molecule has 0 bridgehead atoms. The summed E-state index contributed by atoms with van der Waals surface area (Å²) in [4.78, 5) is 17.0. The van der Waals surface area contributed by atoms with Crippen LogP contribution < -0.4 is 9.47 Å². The second-order valence-electron chi connectivity index (χ2n) is 8.67. The molecule has 10 heteroatoms. The lowest BCUT2D eigenvalue weighted by atomic mass is 10.2. The van der Waals surface area contributed by atoms with E-state index in [2.05, 4.69) is 37.6 Å². The summed E-state index contributed by atoms with van der Waals surface area (Å²) in [7, 11) is 5.34. The molecule has 1 fully saturated rings. The molecule has 1 aliphatic heterocycles. The molecule has 5 rings (SSSR count). The number of nitrogens with zero attached hydrogens (tertiary/aromatic N) is 5. The Morgan fingerprint density at radius 1 is 1.12 bits per heavy atom. The minimum atomic E-state index is -0.546. The summed E-state index contributed by atoms with van der Waals surface area (Å²) in [5, 5.41) is 0.587. The Bertz CT molecular complexity index is 1330. The van der Waals surface area contributed by atoms with Crippen molar-refractivity contribution in [2.75, 3.05) is 54.0 Å². The highest BCUT2D eigenvalue weighted by molar-refractivity contribution is 6.35. The van der Waals surface area contributed by atoms with Crippen molar-refractivity contribution in [1.29, 1.82) is 0 Å². The molecular formula is C24H28ClFN6O2. The molecule has 1 saturated heterocycles. The number of hydrogen-bond acceptors (Lipinski definition) is 6. The van der Waals surface area contributed by atoms with Gasteiger partial charge in [-0.2, -0.15) is 0 Å². The minimum absolute atomic E-state index is 0.0515. The van der Waals surface area contributed by atoms with Crippen LogP contribution in [0.25, 0.3) is 33.3 Å². The van der Waals surface area contributed by atoms with Gasteiger partial charge in [-0.3, -0.25) is 0 Å². The van der Waals surface area contributed by atoms with Crippen molar-refractivity contribution in [3.8, 4) is 22.9 Å². The molecule has 5 heterocycles. The third-order valence-corrected chi connectivity index (χ3v) is 6.89. The number of methoxy groups -OCH3 is 2. The van der Waals surface area contributed by atoms with Gasteiger partial charge in [0.05, 0.1) is 36.6 Å². The van der Waals surface area contributed by atoms with Crippen LogP contribution in [0.2, 0.25) is 5.02 Å². The highest BCUT2D eigenvalue weighted by atomic mass is 35.5. The van der Waals surface area contributed by atoms with E-state index < -0.39 is 5.82 Å². The summed E-state index contributed by atoms with van der Waals surface area (Å²) in [6.07, 6.45) is 4.20. The van der Waals surface area contributed by atoms with Gasteiger partial charge < -0.3 is 28.8 Å². The zero-order valence-corrected chi connectivity index (χ0v) is 20.3.